The molecule has 5 atom stereocenters. The molecule has 0 aliphatic heterocycles. The fraction of sp³-hybridized carbons (Fsp3) is 0.632. The number of halogens is 1. The van der Waals surface area contributed by atoms with Crippen molar-refractivity contribution in [3.8, 4) is 5.75 Å². The number of rotatable bonds is 33. The second-order valence-electron chi connectivity index (χ2n) is 22.5. The van der Waals surface area contributed by atoms with Gasteiger partial charge in [0.2, 0.25) is 23.6 Å². The third kappa shape index (κ3) is 31.4. The topological polar surface area (TPSA) is 309 Å². The third-order valence-electron chi connectivity index (χ3n) is 11.6. The van der Waals surface area contributed by atoms with E-state index in [-0.39, 0.29) is 56.1 Å². The molecule has 0 aromatic heterocycles. The molecular weight excluding hydrogens is 1130 g/mol. The molecule has 79 heavy (non-hydrogen) atoms. The van der Waals surface area contributed by atoms with Gasteiger partial charge in [-0.25, -0.2) is 19.2 Å². The lowest BCUT2D eigenvalue weighted by Gasteiger charge is -2.27. The van der Waals surface area contributed by atoms with Gasteiger partial charge in [0.25, 0.3) is 0 Å². The van der Waals surface area contributed by atoms with Crippen molar-refractivity contribution in [2.24, 2.45) is 5.73 Å². The van der Waals surface area contributed by atoms with E-state index in [0.29, 0.717) is 68.0 Å². The van der Waals surface area contributed by atoms with Crippen LogP contribution in [0.25, 0.3) is 0 Å². The van der Waals surface area contributed by atoms with Crippen LogP contribution in [0.2, 0.25) is 0 Å². The van der Waals surface area contributed by atoms with Crippen LogP contribution in [0.5, 0.6) is 5.75 Å². The molecule has 0 heterocycles. The summed E-state index contributed by atoms with van der Waals surface area (Å²) in [5.41, 5.74) is 5.37. The Morgan fingerprint density at radius 3 is 1.49 bits per heavy atom. The second-order valence-corrected chi connectivity index (χ2v) is 23.6. The summed E-state index contributed by atoms with van der Waals surface area (Å²) in [5.74, 6) is -3.92. The number of carbonyl (C=O) groups excluding carboxylic acids is 9. The van der Waals surface area contributed by atoms with Gasteiger partial charge >= 0.3 is 29.9 Å². The average molecular weight is 1220 g/mol. The fourth-order valence-corrected chi connectivity index (χ4v) is 8.37. The number of esters is 4. The Balaban J connectivity index is 1.77. The molecule has 0 unspecified atom stereocenters. The first-order chi connectivity index (χ1) is 36.9. The summed E-state index contributed by atoms with van der Waals surface area (Å²) in [6, 6.07) is 7.86. The second kappa shape index (κ2) is 34.9. The predicted octanol–water partition coefficient (Wildman–Crippen LogP) is 6.01. The van der Waals surface area contributed by atoms with E-state index in [1.165, 1.54) is 13.2 Å². The molecule has 9 N–H and O–H groups in total. The van der Waals surface area contributed by atoms with E-state index in [9.17, 15) is 48.3 Å². The highest BCUT2D eigenvalue weighted by Crippen LogP contribution is 2.21. The normalized spacial score (nSPS) is 13.5. The quantitative estimate of drug-likeness (QED) is 0.0176. The number of benzene rings is 2. The first-order valence-corrected chi connectivity index (χ1v) is 28.3. The number of hydrogen-bond acceptors (Lipinski definition) is 15. The summed E-state index contributed by atoms with van der Waals surface area (Å²) in [6.07, 6.45) is 5.70. The molecule has 22 heteroatoms. The Bertz CT molecular complexity index is 2300. The molecule has 0 fully saturated rings. The van der Waals surface area contributed by atoms with Gasteiger partial charge in [-0.05, 0) is 172 Å². The lowest BCUT2D eigenvalue weighted by molar-refractivity contribution is -0.160. The summed E-state index contributed by atoms with van der Waals surface area (Å²) in [7, 11) is 1.19. The fourth-order valence-electron chi connectivity index (χ4n) is 7.79. The minimum absolute atomic E-state index is 0.0963. The van der Waals surface area contributed by atoms with Crippen LogP contribution in [0, 0.1) is 3.57 Å². The molecular formula is C57H88IN7O14. The number of methoxy groups -OCH3 is 1. The Labute approximate surface area is 480 Å². The molecule has 2 aromatic rings. The van der Waals surface area contributed by atoms with Crippen LogP contribution >= 0.6 is 22.6 Å². The number of nitrogens with one attached hydrogen (secondary N) is 6. The van der Waals surface area contributed by atoms with Crippen molar-refractivity contribution in [3.05, 3.63) is 63.2 Å². The number of hydrogen-bond donors (Lipinski definition) is 8. The van der Waals surface area contributed by atoms with Crippen LogP contribution in [0.1, 0.15) is 163 Å². The van der Waals surface area contributed by atoms with Crippen LogP contribution in [0.3, 0.4) is 0 Å². The zero-order valence-corrected chi connectivity index (χ0v) is 50.1. The maximum atomic E-state index is 13.9. The zero-order chi connectivity index (χ0) is 59.3. The molecule has 0 aliphatic carbocycles. The van der Waals surface area contributed by atoms with Gasteiger partial charge in [-0.1, -0.05) is 49.2 Å². The van der Waals surface area contributed by atoms with Gasteiger partial charge in [0.1, 0.15) is 46.7 Å². The van der Waals surface area contributed by atoms with Gasteiger partial charge < -0.3 is 61.7 Å². The number of ether oxygens (including phenoxy) is 4. The summed E-state index contributed by atoms with van der Waals surface area (Å²) < 4.78 is 21.9. The van der Waals surface area contributed by atoms with Gasteiger partial charge in [0.15, 0.2) is 0 Å². The van der Waals surface area contributed by atoms with Crippen LogP contribution in [-0.4, -0.2) is 126 Å². The SMILES string of the molecule is COC(=O)[C@H](CCCCNC(=O)CCCCCCC(=O)NCCCC[C@@H](NC(=O)[C@@H](Cc1ccccc1)NC(=O)[C@H](N)Cc1ccc(O)c(I)c1)C(=O)OC(C)(C)C)NC(=O)N[C@@H](CCC(=O)OC(C)(C)C)C(=O)OC(C)(C)C. The first kappa shape index (κ1) is 69.1. The number of phenols is 1. The van der Waals surface area contributed by atoms with E-state index < -0.39 is 88.7 Å². The van der Waals surface area contributed by atoms with E-state index in [1.807, 2.05) is 52.9 Å². The van der Waals surface area contributed by atoms with Gasteiger partial charge in [0.05, 0.1) is 16.7 Å². The Morgan fingerprint density at radius 1 is 0.532 bits per heavy atom. The first-order valence-electron chi connectivity index (χ1n) is 27.2. The number of amides is 6. The predicted molar refractivity (Wildman–Crippen MR) is 306 cm³/mol. The van der Waals surface area contributed by atoms with E-state index in [2.05, 4.69) is 31.9 Å². The summed E-state index contributed by atoms with van der Waals surface area (Å²) in [4.78, 5) is 117. The van der Waals surface area contributed by atoms with Crippen molar-refractivity contribution >= 4 is 76.1 Å². The van der Waals surface area contributed by atoms with Crippen molar-refractivity contribution < 1.29 is 67.2 Å². The number of carbonyl (C=O) groups is 9. The van der Waals surface area contributed by atoms with Gasteiger partial charge in [-0.15, -0.1) is 0 Å². The van der Waals surface area contributed by atoms with Crippen LogP contribution in [-0.2, 0) is 70.1 Å². The number of urea groups is 1. The molecule has 21 nitrogen and oxygen atoms in total. The van der Waals surface area contributed by atoms with Crippen molar-refractivity contribution in [2.45, 2.75) is 212 Å². The van der Waals surface area contributed by atoms with Crippen molar-refractivity contribution in [3.63, 3.8) is 0 Å². The molecule has 0 radical (unpaired) electrons. The average Bonchev–Trinajstić information content (AvgIpc) is 3.34. The molecule has 0 bridgehead atoms. The van der Waals surface area contributed by atoms with E-state index >= 15 is 0 Å². The minimum atomic E-state index is -1.20. The number of aromatic hydroxyl groups is 1. The third-order valence-corrected chi connectivity index (χ3v) is 12.5. The Kier molecular flexibility index (Phi) is 30.5. The number of nitrogens with two attached hydrogens (primary N) is 1. The van der Waals surface area contributed by atoms with Crippen molar-refractivity contribution in [1.29, 1.82) is 0 Å². The van der Waals surface area contributed by atoms with Gasteiger partial charge in [0, 0.05) is 38.8 Å². The molecule has 0 saturated carbocycles. The highest BCUT2D eigenvalue weighted by Gasteiger charge is 2.33. The van der Waals surface area contributed by atoms with Gasteiger partial charge in [-0.2, -0.15) is 0 Å². The van der Waals surface area contributed by atoms with Crippen molar-refractivity contribution in [1.82, 2.24) is 31.9 Å². The lowest BCUT2D eigenvalue weighted by Crippen LogP contribution is -2.56. The van der Waals surface area contributed by atoms with Crippen LogP contribution in [0.15, 0.2) is 48.5 Å². The smallest absolute Gasteiger partial charge is 0.329 e. The summed E-state index contributed by atoms with van der Waals surface area (Å²) in [5, 5.41) is 26.3. The van der Waals surface area contributed by atoms with Crippen LogP contribution < -0.4 is 37.6 Å². The Morgan fingerprint density at radius 2 is 1.01 bits per heavy atom. The molecule has 442 valence electrons. The largest absolute Gasteiger partial charge is 0.507 e. The van der Waals surface area contributed by atoms with E-state index in [1.54, 1.807) is 74.4 Å². The lowest BCUT2D eigenvalue weighted by atomic mass is 10.0. The zero-order valence-electron chi connectivity index (χ0n) is 47.9. The van der Waals surface area contributed by atoms with Crippen LogP contribution in [0.4, 0.5) is 4.79 Å². The standard InChI is InChI=1S/C57H88IN7O14/c1-55(2,3)77-48(69)31-29-43(53(74)79-57(7,8)9)65-54(75)64-41(51(72)76-10)24-18-20-32-60-46(67)26-16-11-12-17-27-47(68)61-33-21-19-25-42(52(73)78-56(4,5)6)62-50(71)44(36-37-22-14-13-15-23-37)63-49(70)40(59)35-38-28-30-45(66)39(58)34-38/h13-15,22-23,28,30,34,40-44,66H,11-12,16-21,24-27,29,31-33,35-36,59H2,1-10H3,(H,60,67)(H,61,68)(H,62,71)(H,63,70)(H2,64,65,75)/t40-,41+,42-,43+,44-/m1/s1. The number of phenolic OH excluding ortho intramolecular Hbond substituents is 1. The minimum Gasteiger partial charge on any atom is -0.507 e. The van der Waals surface area contributed by atoms with E-state index in [0.717, 1.165) is 24.0 Å². The molecule has 6 amide bonds. The van der Waals surface area contributed by atoms with Crippen molar-refractivity contribution in [2.75, 3.05) is 20.2 Å². The monoisotopic (exact) mass is 1220 g/mol. The molecule has 0 aliphatic rings. The maximum Gasteiger partial charge on any atom is 0.329 e. The molecule has 2 aromatic carbocycles. The molecule has 0 spiro atoms. The van der Waals surface area contributed by atoms with E-state index in [4.69, 9.17) is 24.7 Å². The summed E-state index contributed by atoms with van der Waals surface area (Å²) in [6.45, 7) is 16.0. The number of unbranched alkanes of at least 4 members (excludes halogenated alkanes) is 5. The highest BCUT2D eigenvalue weighted by molar-refractivity contribution is 14.1. The van der Waals surface area contributed by atoms with Gasteiger partial charge in [-0.3, -0.25) is 24.0 Å². The Hall–Kier alpha value is -6.04. The molecule has 0 saturated heterocycles. The molecule has 2 rings (SSSR count). The maximum absolute atomic E-state index is 13.9. The summed E-state index contributed by atoms with van der Waals surface area (Å²) >= 11 is 1.99. The highest BCUT2D eigenvalue weighted by atomic mass is 127.